The van der Waals surface area contributed by atoms with Gasteiger partial charge in [0.25, 0.3) is 0 Å². The lowest BCUT2D eigenvalue weighted by Crippen LogP contribution is -2.34. The summed E-state index contributed by atoms with van der Waals surface area (Å²) in [4.78, 5) is 24.6. The number of allylic oxidation sites excluding steroid dienone is 2. The Hall–Kier alpha value is -1.32. The molecule has 0 saturated heterocycles. The fourth-order valence-electron chi connectivity index (χ4n) is 3.87. The predicted octanol–water partition coefficient (Wildman–Crippen LogP) is 6.77. The highest BCUT2D eigenvalue weighted by Crippen LogP contribution is 2.28. The Morgan fingerprint density at radius 3 is 1.48 bits per heavy atom. The van der Waals surface area contributed by atoms with Crippen molar-refractivity contribution >= 4 is 11.9 Å². The van der Waals surface area contributed by atoms with Crippen LogP contribution in [0.25, 0.3) is 0 Å². The maximum atomic E-state index is 12.4. The molecule has 0 aromatic heterocycles. The smallest absolute Gasteiger partial charge is 0.310 e. The number of esters is 2. The monoisotopic (exact) mass is 408 g/mol. The topological polar surface area (TPSA) is 52.6 Å². The highest BCUT2D eigenvalue weighted by molar-refractivity contribution is 5.82. The lowest BCUT2D eigenvalue weighted by atomic mass is 9.83. The summed E-state index contributed by atoms with van der Waals surface area (Å²) in [5.41, 5.74) is 0. The van der Waals surface area contributed by atoms with Gasteiger partial charge >= 0.3 is 11.9 Å². The standard InChI is InChI=1S/C25H44O4/c1-3-5-6-7-8-9-10-11-12-13-14-17-21-29-25(27)23-19-16-15-18-22(23)24(26)28-20-4-2/h15-16,22-23H,3-14,17-21H2,1-2H3. The molecular formula is C25H44O4. The van der Waals surface area contributed by atoms with Crippen LogP contribution in [0.3, 0.4) is 0 Å². The fraction of sp³-hybridized carbons (Fsp3) is 0.840. The van der Waals surface area contributed by atoms with Crippen LogP contribution in [-0.2, 0) is 19.1 Å². The van der Waals surface area contributed by atoms with Crippen molar-refractivity contribution in [1.29, 1.82) is 0 Å². The van der Waals surface area contributed by atoms with Crippen LogP contribution in [0.5, 0.6) is 0 Å². The highest BCUT2D eigenvalue weighted by atomic mass is 16.5. The molecule has 168 valence electrons. The first-order valence-electron chi connectivity index (χ1n) is 12.2. The van der Waals surface area contributed by atoms with E-state index in [1.807, 2.05) is 19.1 Å². The molecule has 2 atom stereocenters. The van der Waals surface area contributed by atoms with Gasteiger partial charge in [-0.1, -0.05) is 96.6 Å². The van der Waals surface area contributed by atoms with Crippen molar-refractivity contribution in [3.05, 3.63) is 12.2 Å². The molecule has 0 spiro atoms. The van der Waals surface area contributed by atoms with Crippen LogP contribution in [-0.4, -0.2) is 25.2 Å². The molecule has 1 rings (SSSR count). The Bertz CT molecular complexity index is 458. The summed E-state index contributed by atoms with van der Waals surface area (Å²) >= 11 is 0. The molecule has 0 heterocycles. The third-order valence-corrected chi connectivity index (χ3v) is 5.73. The van der Waals surface area contributed by atoms with Gasteiger partial charge in [-0.3, -0.25) is 9.59 Å². The Labute approximate surface area is 178 Å². The number of carbonyl (C=O) groups excluding carboxylic acids is 2. The summed E-state index contributed by atoms with van der Waals surface area (Å²) in [5, 5.41) is 0. The molecule has 4 heteroatoms. The molecule has 0 bridgehead atoms. The molecule has 0 aromatic rings. The van der Waals surface area contributed by atoms with Crippen molar-refractivity contribution in [3.8, 4) is 0 Å². The van der Waals surface area contributed by atoms with Crippen molar-refractivity contribution in [2.24, 2.45) is 11.8 Å². The Kier molecular flexibility index (Phi) is 15.5. The van der Waals surface area contributed by atoms with Gasteiger partial charge in [0.2, 0.25) is 0 Å². The second-order valence-electron chi connectivity index (χ2n) is 8.38. The van der Waals surface area contributed by atoms with E-state index in [2.05, 4.69) is 6.92 Å². The minimum atomic E-state index is -0.388. The zero-order valence-electron chi connectivity index (χ0n) is 19.0. The van der Waals surface area contributed by atoms with Gasteiger partial charge in [-0.15, -0.1) is 0 Å². The van der Waals surface area contributed by atoms with E-state index in [0.29, 0.717) is 26.1 Å². The van der Waals surface area contributed by atoms with Gasteiger partial charge in [-0.05, 0) is 25.7 Å². The molecule has 0 fully saturated rings. The molecule has 2 unspecified atom stereocenters. The van der Waals surface area contributed by atoms with Crippen molar-refractivity contribution in [2.45, 2.75) is 110 Å². The third-order valence-electron chi connectivity index (χ3n) is 5.73. The molecule has 0 N–H and O–H groups in total. The van der Waals surface area contributed by atoms with Gasteiger partial charge < -0.3 is 9.47 Å². The van der Waals surface area contributed by atoms with E-state index in [4.69, 9.17) is 9.47 Å². The number of carbonyl (C=O) groups is 2. The van der Waals surface area contributed by atoms with Crippen LogP contribution in [0.2, 0.25) is 0 Å². The number of unbranched alkanes of at least 4 members (excludes halogenated alkanes) is 11. The van der Waals surface area contributed by atoms with Gasteiger partial charge in [-0.2, -0.15) is 0 Å². The lowest BCUT2D eigenvalue weighted by molar-refractivity contribution is -0.161. The van der Waals surface area contributed by atoms with Gasteiger partial charge in [0.1, 0.15) is 0 Å². The van der Waals surface area contributed by atoms with Crippen LogP contribution in [0, 0.1) is 11.8 Å². The van der Waals surface area contributed by atoms with Crippen LogP contribution >= 0.6 is 0 Å². The van der Waals surface area contributed by atoms with E-state index >= 15 is 0 Å². The lowest BCUT2D eigenvalue weighted by Gasteiger charge is -2.25. The molecule has 0 saturated carbocycles. The number of rotatable bonds is 17. The minimum Gasteiger partial charge on any atom is -0.465 e. The molecule has 1 aliphatic rings. The molecule has 0 amide bonds. The third kappa shape index (κ3) is 12.1. The molecule has 0 aliphatic heterocycles. The summed E-state index contributed by atoms with van der Waals surface area (Å²) in [5.74, 6) is -1.28. The van der Waals surface area contributed by atoms with Gasteiger partial charge in [0, 0.05) is 0 Å². The second kappa shape index (κ2) is 17.5. The SMILES string of the molecule is CCCCCCCCCCCCCCOC(=O)C1CC=CCC1C(=O)OCCC. The summed E-state index contributed by atoms with van der Waals surface area (Å²) < 4.78 is 10.7. The average Bonchev–Trinajstić information content (AvgIpc) is 2.75. The molecule has 0 radical (unpaired) electrons. The van der Waals surface area contributed by atoms with Gasteiger partial charge in [-0.25, -0.2) is 0 Å². The van der Waals surface area contributed by atoms with E-state index in [-0.39, 0.29) is 23.8 Å². The quantitative estimate of drug-likeness (QED) is 0.151. The summed E-state index contributed by atoms with van der Waals surface area (Å²) in [6.45, 7) is 5.11. The molecule has 29 heavy (non-hydrogen) atoms. The Morgan fingerprint density at radius 1 is 0.621 bits per heavy atom. The van der Waals surface area contributed by atoms with Crippen LogP contribution < -0.4 is 0 Å². The van der Waals surface area contributed by atoms with Crippen LogP contribution in [0.1, 0.15) is 110 Å². The summed E-state index contributed by atoms with van der Waals surface area (Å²) in [6.07, 6.45) is 21.3. The zero-order valence-corrected chi connectivity index (χ0v) is 19.0. The van der Waals surface area contributed by atoms with E-state index in [1.165, 1.54) is 64.2 Å². The van der Waals surface area contributed by atoms with Crippen LogP contribution in [0.15, 0.2) is 12.2 Å². The highest BCUT2D eigenvalue weighted by Gasteiger charge is 2.36. The van der Waals surface area contributed by atoms with Crippen molar-refractivity contribution in [2.75, 3.05) is 13.2 Å². The maximum absolute atomic E-state index is 12.4. The fourth-order valence-corrected chi connectivity index (χ4v) is 3.87. The normalized spacial score (nSPS) is 18.6. The summed E-state index contributed by atoms with van der Waals surface area (Å²) in [6, 6.07) is 0. The van der Waals surface area contributed by atoms with Crippen molar-refractivity contribution in [3.63, 3.8) is 0 Å². The summed E-state index contributed by atoms with van der Waals surface area (Å²) in [7, 11) is 0. The molecular weight excluding hydrogens is 364 g/mol. The first kappa shape index (κ1) is 25.7. The van der Waals surface area contributed by atoms with Crippen molar-refractivity contribution in [1.82, 2.24) is 0 Å². The minimum absolute atomic E-state index is 0.240. The van der Waals surface area contributed by atoms with Gasteiger partial charge in [0.15, 0.2) is 0 Å². The Morgan fingerprint density at radius 2 is 1.03 bits per heavy atom. The van der Waals surface area contributed by atoms with E-state index < -0.39 is 0 Å². The number of ether oxygens (including phenoxy) is 2. The first-order valence-corrected chi connectivity index (χ1v) is 12.2. The van der Waals surface area contributed by atoms with Gasteiger partial charge in [0.05, 0.1) is 25.0 Å². The number of hydrogen-bond acceptors (Lipinski definition) is 4. The Balaban J connectivity index is 2.05. The molecule has 0 aromatic carbocycles. The van der Waals surface area contributed by atoms with E-state index in [1.54, 1.807) is 0 Å². The van der Waals surface area contributed by atoms with E-state index in [0.717, 1.165) is 19.3 Å². The molecule has 1 aliphatic carbocycles. The average molecular weight is 409 g/mol. The van der Waals surface area contributed by atoms with Crippen LogP contribution in [0.4, 0.5) is 0 Å². The molecule has 4 nitrogen and oxygen atoms in total. The number of hydrogen-bond donors (Lipinski definition) is 0. The van der Waals surface area contributed by atoms with Crippen molar-refractivity contribution < 1.29 is 19.1 Å². The first-order chi connectivity index (χ1) is 14.2. The largest absolute Gasteiger partial charge is 0.465 e. The second-order valence-corrected chi connectivity index (χ2v) is 8.38. The zero-order chi connectivity index (χ0) is 21.2. The van der Waals surface area contributed by atoms with E-state index in [9.17, 15) is 9.59 Å². The predicted molar refractivity (Wildman–Crippen MR) is 119 cm³/mol. The maximum Gasteiger partial charge on any atom is 0.310 e.